The van der Waals surface area contributed by atoms with Crippen molar-refractivity contribution in [2.45, 2.75) is 30.8 Å². The molecule has 2 rings (SSSR count). The van der Waals surface area contributed by atoms with Crippen LogP contribution in [0.1, 0.15) is 19.3 Å². The van der Waals surface area contributed by atoms with E-state index in [1.54, 1.807) is 0 Å². The van der Waals surface area contributed by atoms with Crippen LogP contribution in [0.25, 0.3) is 0 Å². The van der Waals surface area contributed by atoms with Gasteiger partial charge in [-0.25, -0.2) is 0 Å². The second kappa shape index (κ2) is 4.39. The molecule has 1 amide bonds. The Hall–Kier alpha value is -1.14. The van der Waals surface area contributed by atoms with Gasteiger partial charge < -0.3 is 15.7 Å². The first-order valence-electron chi connectivity index (χ1n) is 5.57. The number of amides is 1. The third kappa shape index (κ3) is 2.93. The zero-order valence-electron chi connectivity index (χ0n) is 9.08. The van der Waals surface area contributed by atoms with E-state index >= 15 is 0 Å². The van der Waals surface area contributed by atoms with Crippen LogP contribution in [0.15, 0.2) is 0 Å². The van der Waals surface area contributed by atoms with Crippen molar-refractivity contribution >= 4 is 11.9 Å². The molecule has 6 heteroatoms. The van der Waals surface area contributed by atoms with Crippen molar-refractivity contribution in [2.75, 3.05) is 19.6 Å². The molecule has 16 heavy (non-hydrogen) atoms. The number of rotatable bonds is 6. The normalized spacial score (nSPS) is 22.2. The summed E-state index contributed by atoms with van der Waals surface area (Å²) in [6, 6.07) is 0.351. The van der Waals surface area contributed by atoms with Crippen LogP contribution in [0.3, 0.4) is 0 Å². The standard InChI is InChI=1S/C10H17N3O3/c14-8(13-7-1-2-7)4-12-10(3-9(15)16)5-11-6-10/h7,11-12H,1-6H2,(H,13,14)(H,15,16). The number of hydrogen-bond acceptors (Lipinski definition) is 4. The second-order valence-corrected chi connectivity index (χ2v) is 4.65. The third-order valence-electron chi connectivity index (χ3n) is 2.98. The Bertz CT molecular complexity index is 298. The van der Waals surface area contributed by atoms with E-state index in [0.29, 0.717) is 19.1 Å². The van der Waals surface area contributed by atoms with Crippen molar-refractivity contribution < 1.29 is 14.7 Å². The number of carboxylic acids is 1. The van der Waals surface area contributed by atoms with Gasteiger partial charge in [-0.2, -0.15) is 0 Å². The third-order valence-corrected chi connectivity index (χ3v) is 2.98. The largest absolute Gasteiger partial charge is 0.481 e. The highest BCUT2D eigenvalue weighted by Gasteiger charge is 2.39. The summed E-state index contributed by atoms with van der Waals surface area (Å²) < 4.78 is 0. The van der Waals surface area contributed by atoms with Crippen molar-refractivity contribution in [3.63, 3.8) is 0 Å². The van der Waals surface area contributed by atoms with Crippen molar-refractivity contribution in [2.24, 2.45) is 0 Å². The maximum absolute atomic E-state index is 11.4. The first kappa shape index (κ1) is 11.3. The Kier molecular flexibility index (Phi) is 3.11. The van der Waals surface area contributed by atoms with Crippen LogP contribution in [0.4, 0.5) is 0 Å². The SMILES string of the molecule is O=C(O)CC1(NCC(=O)NC2CC2)CNC1. The number of nitrogens with one attached hydrogen (secondary N) is 3. The molecule has 1 aliphatic heterocycles. The summed E-state index contributed by atoms with van der Waals surface area (Å²) in [4.78, 5) is 22.1. The van der Waals surface area contributed by atoms with E-state index in [-0.39, 0.29) is 18.9 Å². The number of carboxylic acid groups (broad SMARTS) is 1. The summed E-state index contributed by atoms with van der Waals surface area (Å²) in [7, 11) is 0. The summed E-state index contributed by atoms with van der Waals surface area (Å²) in [5.74, 6) is -0.879. The summed E-state index contributed by atoms with van der Waals surface area (Å²) in [5.41, 5.74) is -0.438. The topological polar surface area (TPSA) is 90.5 Å². The van der Waals surface area contributed by atoms with E-state index in [1.165, 1.54) is 0 Å². The van der Waals surface area contributed by atoms with Crippen molar-refractivity contribution in [1.29, 1.82) is 0 Å². The van der Waals surface area contributed by atoms with Gasteiger partial charge in [0, 0.05) is 19.1 Å². The molecule has 0 atom stereocenters. The molecule has 2 fully saturated rings. The lowest BCUT2D eigenvalue weighted by Gasteiger charge is -2.42. The first-order valence-corrected chi connectivity index (χ1v) is 5.57. The van der Waals surface area contributed by atoms with Crippen molar-refractivity contribution in [3.8, 4) is 0 Å². The van der Waals surface area contributed by atoms with E-state index in [1.807, 2.05) is 0 Å². The van der Waals surface area contributed by atoms with E-state index in [2.05, 4.69) is 16.0 Å². The molecular weight excluding hydrogens is 210 g/mol. The van der Waals surface area contributed by atoms with Gasteiger partial charge >= 0.3 is 5.97 Å². The van der Waals surface area contributed by atoms with Crippen LogP contribution >= 0.6 is 0 Å². The van der Waals surface area contributed by atoms with Crippen LogP contribution in [0, 0.1) is 0 Å². The highest BCUT2D eigenvalue weighted by atomic mass is 16.4. The summed E-state index contributed by atoms with van der Waals surface area (Å²) >= 11 is 0. The molecule has 1 saturated heterocycles. The van der Waals surface area contributed by atoms with Gasteiger partial charge in [-0.1, -0.05) is 0 Å². The Labute approximate surface area is 93.8 Å². The Morgan fingerprint density at radius 1 is 1.38 bits per heavy atom. The van der Waals surface area contributed by atoms with Crippen LogP contribution in [-0.2, 0) is 9.59 Å². The summed E-state index contributed by atoms with van der Waals surface area (Å²) in [6.07, 6.45) is 2.18. The minimum atomic E-state index is -0.836. The molecule has 0 aromatic heterocycles. The Morgan fingerprint density at radius 2 is 2.06 bits per heavy atom. The van der Waals surface area contributed by atoms with Gasteiger partial charge in [-0.15, -0.1) is 0 Å². The maximum Gasteiger partial charge on any atom is 0.305 e. The average Bonchev–Trinajstić information content (AvgIpc) is 2.92. The minimum absolute atomic E-state index is 0.0424. The van der Waals surface area contributed by atoms with Crippen molar-refractivity contribution in [1.82, 2.24) is 16.0 Å². The molecule has 0 bridgehead atoms. The summed E-state index contributed by atoms with van der Waals surface area (Å²) in [5, 5.41) is 17.7. The molecule has 1 saturated carbocycles. The molecule has 90 valence electrons. The lowest BCUT2D eigenvalue weighted by atomic mass is 9.88. The monoisotopic (exact) mass is 227 g/mol. The van der Waals surface area contributed by atoms with E-state index in [9.17, 15) is 9.59 Å². The zero-order valence-corrected chi connectivity index (χ0v) is 9.08. The number of carbonyl (C=O) groups is 2. The molecule has 1 aliphatic carbocycles. The number of hydrogen-bond donors (Lipinski definition) is 4. The fourth-order valence-electron chi connectivity index (χ4n) is 1.80. The molecular formula is C10H17N3O3. The van der Waals surface area contributed by atoms with Gasteiger partial charge in [0.1, 0.15) is 0 Å². The predicted molar refractivity (Wildman–Crippen MR) is 57.0 cm³/mol. The molecule has 0 unspecified atom stereocenters. The fraction of sp³-hybridized carbons (Fsp3) is 0.800. The summed E-state index contributed by atoms with van der Waals surface area (Å²) in [6.45, 7) is 1.41. The molecule has 2 aliphatic rings. The van der Waals surface area contributed by atoms with Crippen LogP contribution in [0.5, 0.6) is 0 Å². The maximum atomic E-state index is 11.4. The molecule has 0 radical (unpaired) electrons. The van der Waals surface area contributed by atoms with Crippen LogP contribution in [0.2, 0.25) is 0 Å². The van der Waals surface area contributed by atoms with Gasteiger partial charge in [-0.3, -0.25) is 14.9 Å². The first-order chi connectivity index (χ1) is 7.60. The van der Waals surface area contributed by atoms with Gasteiger partial charge in [0.05, 0.1) is 18.5 Å². The van der Waals surface area contributed by atoms with Gasteiger partial charge in [0.25, 0.3) is 0 Å². The Balaban J connectivity index is 1.73. The van der Waals surface area contributed by atoms with Crippen molar-refractivity contribution in [3.05, 3.63) is 0 Å². The molecule has 0 aromatic rings. The molecule has 1 heterocycles. The van der Waals surface area contributed by atoms with E-state index in [4.69, 9.17) is 5.11 Å². The van der Waals surface area contributed by atoms with Gasteiger partial charge in [0.2, 0.25) is 5.91 Å². The number of carbonyl (C=O) groups excluding carboxylic acids is 1. The molecule has 0 aromatic carbocycles. The lowest BCUT2D eigenvalue weighted by Crippen LogP contribution is -2.69. The molecule has 6 nitrogen and oxygen atoms in total. The van der Waals surface area contributed by atoms with Gasteiger partial charge in [-0.05, 0) is 12.8 Å². The second-order valence-electron chi connectivity index (χ2n) is 4.65. The molecule has 4 N–H and O–H groups in total. The Morgan fingerprint density at radius 3 is 2.50 bits per heavy atom. The quantitative estimate of drug-likeness (QED) is 0.451. The lowest BCUT2D eigenvalue weighted by molar-refractivity contribution is -0.139. The highest BCUT2D eigenvalue weighted by Crippen LogP contribution is 2.18. The van der Waals surface area contributed by atoms with E-state index in [0.717, 1.165) is 12.8 Å². The molecule has 0 spiro atoms. The highest BCUT2D eigenvalue weighted by molar-refractivity contribution is 5.79. The van der Waals surface area contributed by atoms with Crippen LogP contribution < -0.4 is 16.0 Å². The number of aliphatic carboxylic acids is 1. The van der Waals surface area contributed by atoms with Crippen LogP contribution in [-0.4, -0.2) is 48.2 Å². The smallest absolute Gasteiger partial charge is 0.305 e. The predicted octanol–water partition coefficient (Wildman–Crippen LogP) is -1.33. The average molecular weight is 227 g/mol. The fourth-order valence-corrected chi connectivity index (χ4v) is 1.80. The minimum Gasteiger partial charge on any atom is -0.481 e. The van der Waals surface area contributed by atoms with E-state index < -0.39 is 11.5 Å². The van der Waals surface area contributed by atoms with Gasteiger partial charge in [0.15, 0.2) is 0 Å². The zero-order chi connectivity index (χ0) is 11.6.